The van der Waals surface area contributed by atoms with E-state index in [2.05, 4.69) is 26.0 Å². The molecule has 0 saturated heterocycles. The monoisotopic (exact) mass is 460 g/mol. The number of hydrogen-bond donors (Lipinski definition) is 2. The quantitative estimate of drug-likeness (QED) is 0.613. The first-order valence-electron chi connectivity index (χ1n) is 7.79. The number of carbonyl (C=O) groups is 2. The van der Waals surface area contributed by atoms with Crippen LogP contribution in [0.2, 0.25) is 0 Å². The van der Waals surface area contributed by atoms with Crippen LogP contribution in [0.4, 0.5) is 10.1 Å². The Morgan fingerprint density at radius 3 is 2.67 bits per heavy atom. The van der Waals surface area contributed by atoms with E-state index in [1.54, 1.807) is 0 Å². The number of furan rings is 1. The molecule has 8 nitrogen and oxygen atoms in total. The lowest BCUT2D eigenvalue weighted by molar-refractivity contribution is -0.119. The number of hydrogen-bond acceptors (Lipinski definition) is 6. The van der Waals surface area contributed by atoms with Gasteiger partial charge in [0.2, 0.25) is 10.9 Å². The summed E-state index contributed by atoms with van der Waals surface area (Å²) in [4.78, 5) is 23.7. The average molecular weight is 461 g/mol. The standard InChI is InChI=1S/C16H14BrFN2O6S/c17-9-1-4-12(11(18)7-9)19-14(21)8-25-16(22)13-5-6-15(26-13)27(23,24)20-10-2-3-10/h1,4-7,10,20H,2-3,8H2,(H,19,21). The van der Waals surface area contributed by atoms with Crippen molar-refractivity contribution in [2.24, 2.45) is 0 Å². The van der Waals surface area contributed by atoms with Gasteiger partial charge in [0, 0.05) is 10.5 Å². The molecule has 1 fully saturated rings. The Balaban J connectivity index is 1.55. The first-order valence-corrected chi connectivity index (χ1v) is 10.1. The van der Waals surface area contributed by atoms with Crippen molar-refractivity contribution in [1.82, 2.24) is 4.72 Å². The van der Waals surface area contributed by atoms with Crippen LogP contribution < -0.4 is 10.0 Å². The van der Waals surface area contributed by atoms with Crippen LogP contribution in [0.25, 0.3) is 0 Å². The smallest absolute Gasteiger partial charge is 0.374 e. The Bertz CT molecular complexity index is 987. The Hall–Kier alpha value is -2.24. The van der Waals surface area contributed by atoms with E-state index in [1.807, 2.05) is 0 Å². The number of ether oxygens (including phenoxy) is 1. The van der Waals surface area contributed by atoms with Crippen molar-refractivity contribution in [3.05, 3.63) is 46.4 Å². The lowest BCUT2D eigenvalue weighted by Gasteiger charge is -2.07. The Morgan fingerprint density at radius 1 is 1.26 bits per heavy atom. The molecule has 0 aliphatic heterocycles. The van der Waals surface area contributed by atoms with Gasteiger partial charge in [-0.2, -0.15) is 0 Å². The summed E-state index contributed by atoms with van der Waals surface area (Å²) in [7, 11) is -3.84. The molecule has 1 aromatic carbocycles. The summed E-state index contributed by atoms with van der Waals surface area (Å²) in [5, 5.41) is 1.84. The third kappa shape index (κ3) is 5.15. The summed E-state index contributed by atoms with van der Waals surface area (Å²) in [6, 6.07) is 6.19. The van der Waals surface area contributed by atoms with Gasteiger partial charge in [-0.05, 0) is 43.2 Å². The number of benzene rings is 1. The van der Waals surface area contributed by atoms with Crippen LogP contribution in [0.1, 0.15) is 23.4 Å². The summed E-state index contributed by atoms with van der Waals surface area (Å²) < 4.78 is 50.3. The minimum Gasteiger partial charge on any atom is -0.450 e. The zero-order chi connectivity index (χ0) is 19.6. The molecule has 1 heterocycles. The van der Waals surface area contributed by atoms with Gasteiger partial charge in [0.15, 0.2) is 6.61 Å². The highest BCUT2D eigenvalue weighted by Gasteiger charge is 2.30. The molecule has 2 aromatic rings. The molecule has 11 heteroatoms. The van der Waals surface area contributed by atoms with Crippen LogP contribution in [0.3, 0.4) is 0 Å². The molecule has 0 radical (unpaired) electrons. The fourth-order valence-electron chi connectivity index (χ4n) is 2.03. The van der Waals surface area contributed by atoms with Gasteiger partial charge in [-0.1, -0.05) is 15.9 Å². The van der Waals surface area contributed by atoms with Crippen molar-refractivity contribution >= 4 is 43.5 Å². The molecule has 0 spiro atoms. The largest absolute Gasteiger partial charge is 0.450 e. The van der Waals surface area contributed by atoms with Crippen molar-refractivity contribution < 1.29 is 31.6 Å². The predicted molar refractivity (Wildman–Crippen MR) is 95.1 cm³/mol. The summed E-state index contributed by atoms with van der Waals surface area (Å²) >= 11 is 3.09. The number of nitrogens with one attached hydrogen (secondary N) is 2. The maximum absolute atomic E-state index is 13.7. The molecule has 3 rings (SSSR count). The maximum Gasteiger partial charge on any atom is 0.374 e. The second kappa shape index (κ2) is 7.79. The first-order chi connectivity index (χ1) is 12.7. The summed E-state index contributed by atoms with van der Waals surface area (Å²) in [6.07, 6.45) is 1.51. The second-order valence-electron chi connectivity index (χ2n) is 5.76. The highest BCUT2D eigenvalue weighted by Crippen LogP contribution is 2.23. The highest BCUT2D eigenvalue weighted by molar-refractivity contribution is 9.10. The summed E-state index contributed by atoms with van der Waals surface area (Å²) in [5.41, 5.74) is -0.0724. The molecule has 1 aromatic heterocycles. The molecular formula is C16H14BrFN2O6S. The van der Waals surface area contributed by atoms with Gasteiger partial charge in [-0.3, -0.25) is 4.79 Å². The molecule has 144 valence electrons. The molecule has 27 heavy (non-hydrogen) atoms. The minimum atomic E-state index is -3.84. The fraction of sp³-hybridized carbons (Fsp3) is 0.250. The van der Waals surface area contributed by atoms with Crippen LogP contribution in [0.5, 0.6) is 0 Å². The highest BCUT2D eigenvalue weighted by atomic mass is 79.9. The van der Waals surface area contributed by atoms with E-state index < -0.39 is 39.4 Å². The molecule has 0 atom stereocenters. The van der Waals surface area contributed by atoms with Gasteiger partial charge in [0.05, 0.1) is 5.69 Å². The van der Waals surface area contributed by atoms with E-state index in [1.165, 1.54) is 18.2 Å². The molecule has 1 aliphatic carbocycles. The summed E-state index contributed by atoms with van der Waals surface area (Å²) in [5.74, 6) is -2.81. The molecule has 1 saturated carbocycles. The zero-order valence-electron chi connectivity index (χ0n) is 13.7. The van der Waals surface area contributed by atoms with E-state index in [0.29, 0.717) is 4.47 Å². The molecule has 2 N–H and O–H groups in total. The fourth-order valence-corrected chi connectivity index (χ4v) is 3.60. The van der Waals surface area contributed by atoms with Gasteiger partial charge in [-0.15, -0.1) is 0 Å². The number of amides is 1. The number of esters is 1. The number of sulfonamides is 1. The molecule has 0 bridgehead atoms. The lowest BCUT2D eigenvalue weighted by Crippen LogP contribution is -2.25. The van der Waals surface area contributed by atoms with Crippen molar-refractivity contribution in [3.8, 4) is 0 Å². The average Bonchev–Trinajstić information content (AvgIpc) is 3.24. The number of rotatable bonds is 7. The van der Waals surface area contributed by atoms with E-state index in [4.69, 9.17) is 9.15 Å². The molecule has 0 unspecified atom stereocenters. The van der Waals surface area contributed by atoms with Gasteiger partial charge < -0.3 is 14.5 Å². The zero-order valence-corrected chi connectivity index (χ0v) is 16.1. The van der Waals surface area contributed by atoms with E-state index in [9.17, 15) is 22.4 Å². The SMILES string of the molecule is O=C(COC(=O)c1ccc(S(=O)(=O)NC2CC2)o1)Nc1ccc(Br)cc1F. The first kappa shape index (κ1) is 19.5. The third-order valence-corrected chi connectivity index (χ3v) is 5.37. The Labute approximate surface area is 162 Å². The van der Waals surface area contributed by atoms with Crippen molar-refractivity contribution in [1.29, 1.82) is 0 Å². The number of halogens is 2. The normalized spacial score (nSPS) is 14.0. The van der Waals surface area contributed by atoms with Crippen molar-refractivity contribution in [3.63, 3.8) is 0 Å². The Kier molecular flexibility index (Phi) is 5.63. The van der Waals surface area contributed by atoms with Crippen molar-refractivity contribution in [2.45, 2.75) is 24.0 Å². The van der Waals surface area contributed by atoms with E-state index in [0.717, 1.165) is 25.0 Å². The van der Waals surface area contributed by atoms with Gasteiger partial charge in [0.1, 0.15) is 5.82 Å². The van der Waals surface area contributed by atoms with Gasteiger partial charge in [0.25, 0.3) is 15.9 Å². The molecule has 1 amide bonds. The maximum atomic E-state index is 13.7. The predicted octanol–water partition coefficient (Wildman–Crippen LogP) is 2.42. The van der Waals surface area contributed by atoms with Crippen LogP contribution in [0.15, 0.2) is 44.3 Å². The third-order valence-electron chi connectivity index (χ3n) is 3.49. The van der Waals surface area contributed by atoms with Gasteiger partial charge in [-0.25, -0.2) is 22.3 Å². The van der Waals surface area contributed by atoms with Crippen molar-refractivity contribution in [2.75, 3.05) is 11.9 Å². The lowest BCUT2D eigenvalue weighted by atomic mass is 10.3. The van der Waals surface area contributed by atoms with Crippen LogP contribution in [-0.4, -0.2) is 32.9 Å². The second-order valence-corrected chi connectivity index (χ2v) is 8.32. The minimum absolute atomic E-state index is 0.0724. The Morgan fingerprint density at radius 2 is 2.00 bits per heavy atom. The van der Waals surface area contributed by atoms with E-state index in [-0.39, 0.29) is 17.5 Å². The van der Waals surface area contributed by atoms with Gasteiger partial charge >= 0.3 is 5.97 Å². The number of carbonyl (C=O) groups excluding carboxylic acids is 2. The van der Waals surface area contributed by atoms with Crippen LogP contribution in [-0.2, 0) is 19.6 Å². The topological polar surface area (TPSA) is 115 Å². The molecule has 1 aliphatic rings. The molecular weight excluding hydrogens is 447 g/mol. The number of anilines is 1. The van der Waals surface area contributed by atoms with E-state index >= 15 is 0 Å². The van der Waals surface area contributed by atoms with Crippen LogP contribution in [0, 0.1) is 5.82 Å². The van der Waals surface area contributed by atoms with Crippen LogP contribution >= 0.6 is 15.9 Å². The summed E-state index contributed by atoms with van der Waals surface area (Å²) in [6.45, 7) is -0.697.